The van der Waals surface area contributed by atoms with Gasteiger partial charge in [0.2, 0.25) is 5.91 Å². The first kappa shape index (κ1) is 13.4. The van der Waals surface area contributed by atoms with Crippen LogP contribution in [0.2, 0.25) is 0 Å². The van der Waals surface area contributed by atoms with Crippen LogP contribution in [-0.4, -0.2) is 25.0 Å². The Morgan fingerprint density at radius 1 is 1.40 bits per heavy atom. The Balaban J connectivity index is 3.41. The Kier molecular flexibility index (Phi) is 8.06. The first-order valence-corrected chi connectivity index (χ1v) is 5.00. The summed E-state index contributed by atoms with van der Waals surface area (Å²) in [7, 11) is 0. The van der Waals surface area contributed by atoms with Crippen molar-refractivity contribution in [1.29, 1.82) is 5.26 Å². The molecule has 5 nitrogen and oxygen atoms in total. The fourth-order valence-corrected chi connectivity index (χ4v) is 0.932. The van der Waals surface area contributed by atoms with E-state index in [9.17, 15) is 9.59 Å². The molecule has 0 aliphatic rings. The van der Waals surface area contributed by atoms with E-state index in [4.69, 9.17) is 5.26 Å². The molecule has 0 saturated heterocycles. The number of unbranched alkanes of at least 4 members (excludes halogenated alkanes) is 1. The summed E-state index contributed by atoms with van der Waals surface area (Å²) >= 11 is 0. The van der Waals surface area contributed by atoms with E-state index in [1.54, 1.807) is 6.92 Å². The first-order valence-electron chi connectivity index (χ1n) is 5.00. The van der Waals surface area contributed by atoms with Crippen LogP contribution in [0, 0.1) is 11.3 Å². The monoisotopic (exact) mass is 212 g/mol. The van der Waals surface area contributed by atoms with Crippen LogP contribution in [0.25, 0.3) is 0 Å². The number of hydrogen-bond donors (Lipinski definition) is 1. The van der Waals surface area contributed by atoms with Crippen LogP contribution in [0.5, 0.6) is 0 Å². The van der Waals surface area contributed by atoms with Gasteiger partial charge in [0, 0.05) is 19.4 Å². The fraction of sp³-hybridized carbons (Fsp3) is 0.700. The molecule has 0 fully saturated rings. The molecule has 0 heterocycles. The molecule has 0 radical (unpaired) electrons. The summed E-state index contributed by atoms with van der Waals surface area (Å²) in [6, 6.07) is 1.98. The molecule has 0 aliphatic carbocycles. The van der Waals surface area contributed by atoms with E-state index >= 15 is 0 Å². The molecule has 0 aromatic rings. The maximum Gasteiger partial charge on any atom is 0.306 e. The molecule has 1 N–H and O–H groups in total. The van der Waals surface area contributed by atoms with E-state index in [1.165, 1.54) is 0 Å². The van der Waals surface area contributed by atoms with E-state index in [-0.39, 0.29) is 24.7 Å². The fourth-order valence-electron chi connectivity index (χ4n) is 0.932. The van der Waals surface area contributed by atoms with E-state index in [0.717, 1.165) is 0 Å². The number of nitrogens with one attached hydrogen (secondary N) is 1. The summed E-state index contributed by atoms with van der Waals surface area (Å²) in [5, 5.41) is 10.9. The predicted octanol–water partition coefficient (Wildman–Crippen LogP) is 0.750. The van der Waals surface area contributed by atoms with Gasteiger partial charge in [-0.2, -0.15) is 5.26 Å². The second-order valence-electron chi connectivity index (χ2n) is 2.92. The molecule has 15 heavy (non-hydrogen) atoms. The van der Waals surface area contributed by atoms with E-state index in [1.807, 2.05) is 6.07 Å². The maximum absolute atomic E-state index is 11.1. The third-order valence-electron chi connectivity index (χ3n) is 1.65. The predicted molar refractivity (Wildman–Crippen MR) is 53.7 cm³/mol. The zero-order valence-electron chi connectivity index (χ0n) is 8.91. The largest absolute Gasteiger partial charge is 0.466 e. The van der Waals surface area contributed by atoms with Gasteiger partial charge in [0.25, 0.3) is 0 Å². The van der Waals surface area contributed by atoms with Gasteiger partial charge in [-0.25, -0.2) is 0 Å². The minimum absolute atomic E-state index is 0.109. The summed E-state index contributed by atoms with van der Waals surface area (Å²) in [5.41, 5.74) is 0. The van der Waals surface area contributed by atoms with Gasteiger partial charge in [-0.1, -0.05) is 0 Å². The lowest BCUT2D eigenvalue weighted by atomic mass is 10.3. The van der Waals surface area contributed by atoms with Gasteiger partial charge in [-0.3, -0.25) is 9.59 Å². The Labute approximate surface area is 89.4 Å². The Bertz CT molecular complexity index is 246. The number of ether oxygens (including phenoxy) is 1. The molecule has 0 aromatic heterocycles. The van der Waals surface area contributed by atoms with Crippen LogP contribution in [0.3, 0.4) is 0 Å². The topological polar surface area (TPSA) is 79.2 Å². The van der Waals surface area contributed by atoms with Gasteiger partial charge in [-0.15, -0.1) is 0 Å². The van der Waals surface area contributed by atoms with Gasteiger partial charge in [0.05, 0.1) is 19.1 Å². The minimum atomic E-state index is -0.357. The highest BCUT2D eigenvalue weighted by Gasteiger charge is 2.06. The third kappa shape index (κ3) is 8.75. The molecule has 5 heteroatoms. The second-order valence-corrected chi connectivity index (χ2v) is 2.92. The van der Waals surface area contributed by atoms with Crippen molar-refractivity contribution in [3.63, 3.8) is 0 Å². The molecule has 1 amide bonds. The normalized spacial score (nSPS) is 9.07. The molecule has 0 saturated carbocycles. The molecule has 84 valence electrons. The second kappa shape index (κ2) is 9.00. The Hall–Kier alpha value is -1.57. The first-order chi connectivity index (χ1) is 7.20. The number of nitriles is 1. The zero-order valence-corrected chi connectivity index (χ0v) is 8.91. The molecule has 0 aliphatic heterocycles. The Morgan fingerprint density at radius 2 is 2.13 bits per heavy atom. The third-order valence-corrected chi connectivity index (χ3v) is 1.65. The summed E-state index contributed by atoms with van der Waals surface area (Å²) in [4.78, 5) is 22.0. The quantitative estimate of drug-likeness (QED) is 0.499. The summed E-state index contributed by atoms with van der Waals surface area (Å²) in [6.45, 7) is 2.54. The van der Waals surface area contributed by atoms with Crippen LogP contribution >= 0.6 is 0 Å². The number of rotatable bonds is 7. The summed E-state index contributed by atoms with van der Waals surface area (Å²) in [5.74, 6) is -0.536. The highest BCUT2D eigenvalue weighted by atomic mass is 16.5. The number of carbonyl (C=O) groups excluding carboxylic acids is 2. The van der Waals surface area contributed by atoms with Gasteiger partial charge in [-0.05, 0) is 13.3 Å². The van der Waals surface area contributed by atoms with Crippen molar-refractivity contribution >= 4 is 11.9 Å². The molecule has 0 atom stereocenters. The van der Waals surface area contributed by atoms with E-state index < -0.39 is 0 Å². The lowest BCUT2D eigenvalue weighted by Gasteiger charge is -2.03. The van der Waals surface area contributed by atoms with Gasteiger partial charge < -0.3 is 10.1 Å². The summed E-state index contributed by atoms with van der Waals surface area (Å²) in [6.07, 6.45) is 1.32. The zero-order chi connectivity index (χ0) is 11.5. The lowest BCUT2D eigenvalue weighted by molar-refractivity contribution is -0.144. The van der Waals surface area contributed by atoms with Crippen molar-refractivity contribution < 1.29 is 14.3 Å². The molecule has 0 unspecified atom stereocenters. The molecule has 0 bridgehead atoms. The molecule has 0 spiro atoms. The van der Waals surface area contributed by atoms with Crippen LogP contribution in [0.4, 0.5) is 0 Å². The number of carbonyl (C=O) groups is 2. The molecular weight excluding hydrogens is 196 g/mol. The lowest BCUT2D eigenvalue weighted by Crippen LogP contribution is -2.25. The van der Waals surface area contributed by atoms with Crippen molar-refractivity contribution in [3.8, 4) is 6.07 Å². The number of esters is 1. The van der Waals surface area contributed by atoms with Crippen LogP contribution < -0.4 is 5.32 Å². The van der Waals surface area contributed by atoms with Gasteiger partial charge in [0.1, 0.15) is 0 Å². The van der Waals surface area contributed by atoms with E-state index in [0.29, 0.717) is 26.0 Å². The van der Waals surface area contributed by atoms with Crippen LogP contribution in [-0.2, 0) is 14.3 Å². The van der Waals surface area contributed by atoms with Crippen LogP contribution in [0.15, 0.2) is 0 Å². The highest BCUT2D eigenvalue weighted by Crippen LogP contribution is 1.93. The molecule has 0 aromatic carbocycles. The average Bonchev–Trinajstić information content (AvgIpc) is 2.22. The number of hydrogen-bond acceptors (Lipinski definition) is 4. The highest BCUT2D eigenvalue weighted by molar-refractivity contribution is 5.81. The van der Waals surface area contributed by atoms with Gasteiger partial charge >= 0.3 is 5.97 Å². The standard InChI is InChI=1S/C10H16N2O3/c1-2-15-10(14)6-5-9(13)12-8-4-3-7-11/h2-6,8H2,1H3,(H,12,13). The van der Waals surface area contributed by atoms with Crippen molar-refractivity contribution in [3.05, 3.63) is 0 Å². The van der Waals surface area contributed by atoms with E-state index in [2.05, 4.69) is 10.1 Å². The smallest absolute Gasteiger partial charge is 0.306 e. The number of nitrogens with zero attached hydrogens (tertiary/aromatic N) is 1. The summed E-state index contributed by atoms with van der Waals surface area (Å²) < 4.78 is 4.67. The Morgan fingerprint density at radius 3 is 2.73 bits per heavy atom. The minimum Gasteiger partial charge on any atom is -0.466 e. The van der Waals surface area contributed by atoms with Crippen LogP contribution in [0.1, 0.15) is 32.6 Å². The van der Waals surface area contributed by atoms with Crippen molar-refractivity contribution in [1.82, 2.24) is 5.32 Å². The maximum atomic E-state index is 11.1. The van der Waals surface area contributed by atoms with Crippen molar-refractivity contribution in [2.24, 2.45) is 0 Å². The van der Waals surface area contributed by atoms with Crippen molar-refractivity contribution in [2.75, 3.05) is 13.2 Å². The molecule has 0 rings (SSSR count). The SMILES string of the molecule is CCOC(=O)CCC(=O)NCCCC#N. The average molecular weight is 212 g/mol. The number of amides is 1. The van der Waals surface area contributed by atoms with Gasteiger partial charge in [0.15, 0.2) is 0 Å². The van der Waals surface area contributed by atoms with Crippen molar-refractivity contribution in [2.45, 2.75) is 32.6 Å². The molecular formula is C10H16N2O3.